The first-order valence-corrected chi connectivity index (χ1v) is 40.3. The smallest absolute Gasteiger partial charge is 0.0122 e. The molecule has 532 valence electrons. The fourth-order valence-electron chi connectivity index (χ4n) is 17.1. The third-order valence-corrected chi connectivity index (χ3v) is 25.6. The third kappa shape index (κ3) is 35.8. The average molecular weight is 1270 g/mol. The van der Waals surface area contributed by atoms with Crippen molar-refractivity contribution in [3.63, 3.8) is 0 Å². The molecule has 0 bridgehead atoms. The SMILES string of the molecule is C/C=C/C1(C)CCCCC1.C=C(C)C1(C)CCCC1.C=C(C)C1(C)CCCCC1.C=CC1(C)CCCC1.C=CC1(C)CCCCC1.C=CC1(C)CCCCCC1.C=CC1(C)CCCCCCC1.CC(C)=CC1(C)CCC(C)CC1.CC1(C=C2CCCC2)CCCCC1. The zero-order valence-corrected chi connectivity index (χ0v) is 65.6. The quantitative estimate of drug-likeness (QED) is 0.159. The van der Waals surface area contributed by atoms with Crippen molar-refractivity contribution in [1.29, 1.82) is 0 Å². The van der Waals surface area contributed by atoms with Crippen molar-refractivity contribution in [2.45, 2.75) is 418 Å². The molecule has 0 aliphatic heterocycles. The molecule has 0 amide bonds. The molecule has 0 heteroatoms. The van der Waals surface area contributed by atoms with E-state index < -0.39 is 0 Å². The van der Waals surface area contributed by atoms with Gasteiger partial charge in [0.1, 0.15) is 0 Å². The van der Waals surface area contributed by atoms with Gasteiger partial charge in [-0.15, -0.1) is 26.3 Å². The van der Waals surface area contributed by atoms with Crippen molar-refractivity contribution < 1.29 is 0 Å². The second-order valence-electron chi connectivity index (χ2n) is 35.8. The third-order valence-electron chi connectivity index (χ3n) is 25.6. The van der Waals surface area contributed by atoms with E-state index in [0.29, 0.717) is 48.7 Å². The fraction of sp³-hybridized carbons (Fsp3) is 0.804. The molecule has 0 spiro atoms. The van der Waals surface area contributed by atoms with Gasteiger partial charge in [0.05, 0.1) is 0 Å². The molecule has 10 saturated carbocycles. The summed E-state index contributed by atoms with van der Waals surface area (Å²) >= 11 is 0. The van der Waals surface area contributed by atoms with E-state index in [0.717, 1.165) is 5.92 Å². The van der Waals surface area contributed by atoms with Crippen molar-refractivity contribution in [2.75, 3.05) is 0 Å². The van der Waals surface area contributed by atoms with Gasteiger partial charge in [-0.05, 0) is 243 Å². The first kappa shape index (κ1) is 85.7. The van der Waals surface area contributed by atoms with Crippen LogP contribution in [0, 0.1) is 54.7 Å². The summed E-state index contributed by atoms with van der Waals surface area (Å²) in [5.41, 5.74) is 10.5. The van der Waals surface area contributed by atoms with E-state index in [1.807, 2.05) is 0 Å². The minimum atomic E-state index is 0.459. The van der Waals surface area contributed by atoms with Crippen LogP contribution in [0.2, 0.25) is 0 Å². The van der Waals surface area contributed by atoms with Crippen LogP contribution in [0.1, 0.15) is 418 Å². The predicted molar refractivity (Wildman–Crippen MR) is 421 cm³/mol. The van der Waals surface area contributed by atoms with Crippen LogP contribution in [0.3, 0.4) is 0 Å². The van der Waals surface area contributed by atoms with E-state index in [9.17, 15) is 0 Å². The maximum absolute atomic E-state index is 4.05. The molecular formula is C92H164. The highest BCUT2D eigenvalue weighted by Crippen LogP contribution is 2.46. The molecule has 0 N–H and O–H groups in total. The molecule has 0 aromatic carbocycles. The fourth-order valence-corrected chi connectivity index (χ4v) is 17.1. The van der Waals surface area contributed by atoms with E-state index in [1.54, 1.807) is 5.57 Å². The van der Waals surface area contributed by atoms with Crippen LogP contribution < -0.4 is 0 Å². The van der Waals surface area contributed by atoms with Gasteiger partial charge in [0.2, 0.25) is 0 Å². The lowest BCUT2D eigenvalue weighted by Crippen LogP contribution is -2.21. The van der Waals surface area contributed by atoms with Gasteiger partial charge in [-0.3, -0.25) is 0 Å². The molecule has 0 aromatic rings. The van der Waals surface area contributed by atoms with Crippen molar-refractivity contribution >= 4 is 0 Å². The number of rotatable bonds is 9. The molecule has 0 radical (unpaired) electrons. The van der Waals surface area contributed by atoms with Crippen molar-refractivity contribution in [2.24, 2.45) is 54.7 Å². The summed E-state index contributed by atoms with van der Waals surface area (Å²) in [5.74, 6) is 0.962. The Balaban J connectivity index is 0.000000354. The Bertz CT molecular complexity index is 2060. The summed E-state index contributed by atoms with van der Waals surface area (Å²) in [6.07, 6.45) is 87.2. The lowest BCUT2D eigenvalue weighted by Gasteiger charge is -2.34. The second-order valence-corrected chi connectivity index (χ2v) is 35.8. The monoisotopic (exact) mass is 1270 g/mol. The molecule has 10 fully saturated rings. The van der Waals surface area contributed by atoms with Crippen LogP contribution in [0.25, 0.3) is 0 Å². The first-order chi connectivity index (χ1) is 43.4. The van der Waals surface area contributed by atoms with Gasteiger partial charge in [0, 0.05) is 0 Å². The van der Waals surface area contributed by atoms with Crippen LogP contribution in [0.5, 0.6) is 0 Å². The number of hydrogen-bond acceptors (Lipinski definition) is 0. The van der Waals surface area contributed by atoms with Gasteiger partial charge in [0.25, 0.3) is 0 Å². The Morgan fingerprint density at radius 1 is 0.315 bits per heavy atom. The van der Waals surface area contributed by atoms with Crippen molar-refractivity contribution in [3.05, 3.63) is 110 Å². The van der Waals surface area contributed by atoms with Crippen LogP contribution in [0.4, 0.5) is 0 Å². The van der Waals surface area contributed by atoms with Gasteiger partial charge in [-0.25, -0.2) is 0 Å². The molecule has 0 aromatic heterocycles. The summed E-state index contributed by atoms with van der Waals surface area (Å²) in [6, 6.07) is 0. The summed E-state index contributed by atoms with van der Waals surface area (Å²) in [5, 5.41) is 0. The van der Waals surface area contributed by atoms with Crippen LogP contribution in [-0.4, -0.2) is 0 Å². The Hall–Kier alpha value is -2.34. The minimum absolute atomic E-state index is 0.459. The van der Waals surface area contributed by atoms with Gasteiger partial charge < -0.3 is 0 Å². The first-order valence-electron chi connectivity index (χ1n) is 40.3. The Morgan fingerprint density at radius 2 is 0.554 bits per heavy atom. The Morgan fingerprint density at radius 3 is 0.815 bits per heavy atom. The lowest BCUT2D eigenvalue weighted by molar-refractivity contribution is 0.232. The van der Waals surface area contributed by atoms with Crippen LogP contribution >= 0.6 is 0 Å². The highest BCUT2D eigenvalue weighted by atomic mass is 14.4. The maximum atomic E-state index is 4.05. The van der Waals surface area contributed by atoms with E-state index in [4.69, 9.17) is 0 Å². The van der Waals surface area contributed by atoms with E-state index in [1.165, 1.54) is 331 Å². The molecule has 0 heterocycles. The zero-order valence-electron chi connectivity index (χ0n) is 65.6. The standard InChI is InChI=1S/C13H22.C12H22.C11H20.3C10H18.2C9H16.C8H14/c1-13(9-5-2-6-10-13)11-12-7-3-4-8-12;1-10(2)9-12(4)7-5-11(3)6-8-12;1-3-11(2)9-7-5-4-6-8-10-11;1-9(2)10(3)7-5-4-6-8-10;1-3-10(2)8-6-4-5-7-9-10;1-3-7-10(2)8-5-4-6-9-10;1-8(2)9(3)6-4-5-7-9;1-3-9(2)7-5-4-6-8-9;1-3-8(2)6-4-5-7-8/h11H,2-10H2,1H3;9,11H,5-8H2,1-4H3;3H,1,4-10H2,2H3;1,4-8H2,2-3H3;3H,1,4-9H2,2H3;3,7H,4-6,8-9H2,1-2H3;1,4-7H2,2-3H3;3H,1,4-8H2,2H3;3H,1,4-7H2,2H3/b;;;;;7-3+;;;. The summed E-state index contributed by atoms with van der Waals surface area (Å²) < 4.78 is 0. The molecular weight excluding hydrogens is 1110 g/mol. The second kappa shape index (κ2) is 44.6. The maximum Gasteiger partial charge on any atom is -0.0122 e. The normalized spacial score (nSPS) is 26.9. The molecule has 0 nitrogen and oxygen atoms in total. The molecule has 10 rings (SSSR count). The molecule has 10 aliphatic carbocycles. The summed E-state index contributed by atoms with van der Waals surface area (Å²) in [4.78, 5) is 0. The molecule has 10 aliphatic rings. The number of hydrogen-bond donors (Lipinski definition) is 0. The van der Waals surface area contributed by atoms with Gasteiger partial charge in [-0.2, -0.15) is 0 Å². The lowest BCUT2D eigenvalue weighted by atomic mass is 9.71. The number of allylic oxidation sites excluding steroid dienone is 12. The average Bonchev–Trinajstić information content (AvgIpc) is 1.72. The van der Waals surface area contributed by atoms with E-state index in [2.05, 4.69) is 192 Å². The highest BCUT2D eigenvalue weighted by Gasteiger charge is 2.31. The van der Waals surface area contributed by atoms with Crippen molar-refractivity contribution in [1.82, 2.24) is 0 Å². The molecule has 0 saturated heterocycles. The highest BCUT2D eigenvalue weighted by molar-refractivity contribution is 5.13. The van der Waals surface area contributed by atoms with E-state index in [-0.39, 0.29) is 0 Å². The van der Waals surface area contributed by atoms with Gasteiger partial charge >= 0.3 is 0 Å². The predicted octanol–water partition coefficient (Wildman–Crippen LogP) is 32.2. The van der Waals surface area contributed by atoms with Crippen LogP contribution in [-0.2, 0) is 0 Å². The summed E-state index contributed by atoms with van der Waals surface area (Å²) in [7, 11) is 0. The van der Waals surface area contributed by atoms with Crippen molar-refractivity contribution in [3.8, 4) is 0 Å². The topological polar surface area (TPSA) is 0 Å². The Labute approximate surface area is 580 Å². The zero-order chi connectivity index (χ0) is 68.7. The summed E-state index contributed by atoms with van der Waals surface area (Å²) in [6.45, 7) is 58.1. The molecule has 0 atom stereocenters. The largest absolute Gasteiger partial charge is 0.103 e. The molecule has 92 heavy (non-hydrogen) atoms. The molecule has 0 unspecified atom stereocenters. The van der Waals surface area contributed by atoms with Gasteiger partial charge in [0.15, 0.2) is 0 Å². The van der Waals surface area contributed by atoms with Gasteiger partial charge in [-0.1, -0.05) is 314 Å². The van der Waals surface area contributed by atoms with E-state index >= 15 is 0 Å². The Kier molecular flexibility index (Phi) is 41.5. The van der Waals surface area contributed by atoms with Crippen LogP contribution in [0.15, 0.2) is 110 Å². The minimum Gasteiger partial charge on any atom is -0.103 e.